The van der Waals surface area contributed by atoms with Gasteiger partial charge in [-0.15, -0.1) is 23.2 Å². The summed E-state index contributed by atoms with van der Waals surface area (Å²) in [6.07, 6.45) is 0. The van der Waals surface area contributed by atoms with Gasteiger partial charge in [-0.1, -0.05) is 11.8 Å². The summed E-state index contributed by atoms with van der Waals surface area (Å²) in [5.74, 6) is 5.69. The van der Waals surface area contributed by atoms with Gasteiger partial charge in [-0.05, 0) is 27.7 Å². The maximum Gasteiger partial charge on any atom is 0.0994 e. The van der Waals surface area contributed by atoms with E-state index in [2.05, 4.69) is 11.8 Å². The van der Waals surface area contributed by atoms with E-state index < -0.39 is 9.75 Å². The van der Waals surface area contributed by atoms with E-state index in [4.69, 9.17) is 23.2 Å². The van der Waals surface area contributed by atoms with Gasteiger partial charge in [-0.25, -0.2) is 0 Å². The average molecular weight is 179 g/mol. The summed E-state index contributed by atoms with van der Waals surface area (Å²) in [4.78, 5) is -0.932. The van der Waals surface area contributed by atoms with Crippen LogP contribution in [0.1, 0.15) is 27.7 Å². The van der Waals surface area contributed by atoms with Crippen LogP contribution in [-0.4, -0.2) is 9.75 Å². The van der Waals surface area contributed by atoms with Crippen LogP contribution in [0.3, 0.4) is 0 Å². The lowest BCUT2D eigenvalue weighted by Gasteiger charge is -2.08. The van der Waals surface area contributed by atoms with Gasteiger partial charge in [-0.3, -0.25) is 0 Å². The summed E-state index contributed by atoms with van der Waals surface area (Å²) < 4.78 is 0. The fourth-order valence-electron chi connectivity index (χ4n) is 0.297. The third kappa shape index (κ3) is 8.14. The van der Waals surface area contributed by atoms with E-state index in [-0.39, 0.29) is 0 Å². The Hall–Kier alpha value is 0.140. The first-order chi connectivity index (χ1) is 4.21. The number of alkyl halides is 2. The summed E-state index contributed by atoms with van der Waals surface area (Å²) in [5.41, 5.74) is 0. The summed E-state index contributed by atoms with van der Waals surface area (Å²) >= 11 is 11.6. The molecular formula is C8H12Cl2. The Morgan fingerprint density at radius 1 is 0.800 bits per heavy atom. The van der Waals surface area contributed by atoms with Gasteiger partial charge in [0.2, 0.25) is 0 Å². The van der Waals surface area contributed by atoms with Gasteiger partial charge >= 0.3 is 0 Å². The second-order valence-corrected chi connectivity index (χ2v) is 5.08. The molecule has 0 aliphatic carbocycles. The maximum absolute atomic E-state index is 5.81. The van der Waals surface area contributed by atoms with Crippen LogP contribution < -0.4 is 0 Å². The molecular weight excluding hydrogens is 167 g/mol. The van der Waals surface area contributed by atoms with Crippen LogP contribution in [0.25, 0.3) is 0 Å². The molecule has 0 rings (SSSR count). The minimum Gasteiger partial charge on any atom is -0.106 e. The summed E-state index contributed by atoms with van der Waals surface area (Å²) in [6, 6.07) is 0. The molecule has 0 aromatic heterocycles. The van der Waals surface area contributed by atoms with E-state index in [0.717, 1.165) is 0 Å². The molecule has 0 heterocycles. The molecule has 0 radical (unpaired) electrons. The van der Waals surface area contributed by atoms with Crippen molar-refractivity contribution in [2.45, 2.75) is 37.4 Å². The van der Waals surface area contributed by atoms with Crippen LogP contribution in [0.5, 0.6) is 0 Å². The topological polar surface area (TPSA) is 0 Å². The first kappa shape index (κ1) is 10.1. The molecule has 2 heteroatoms. The molecule has 0 N–H and O–H groups in total. The van der Waals surface area contributed by atoms with E-state index in [9.17, 15) is 0 Å². The predicted octanol–water partition coefficient (Wildman–Crippen LogP) is 3.02. The molecule has 0 nitrogen and oxygen atoms in total. The molecule has 0 saturated carbocycles. The van der Waals surface area contributed by atoms with Crippen molar-refractivity contribution in [3.05, 3.63) is 0 Å². The van der Waals surface area contributed by atoms with Gasteiger partial charge in [0.15, 0.2) is 0 Å². The van der Waals surface area contributed by atoms with Crippen LogP contribution in [0.2, 0.25) is 0 Å². The quantitative estimate of drug-likeness (QED) is 0.396. The average Bonchev–Trinajstić information content (AvgIpc) is 1.57. The van der Waals surface area contributed by atoms with Gasteiger partial charge in [-0.2, -0.15) is 0 Å². The largest absolute Gasteiger partial charge is 0.106 e. The Kier molecular flexibility index (Phi) is 3.07. The zero-order valence-electron chi connectivity index (χ0n) is 6.76. The molecule has 0 aromatic rings. The number of hydrogen-bond donors (Lipinski definition) is 0. The molecule has 0 aromatic carbocycles. The van der Waals surface area contributed by atoms with E-state index >= 15 is 0 Å². The number of rotatable bonds is 0. The highest BCUT2D eigenvalue weighted by molar-refractivity contribution is 6.27. The first-order valence-electron chi connectivity index (χ1n) is 3.13. The van der Waals surface area contributed by atoms with Crippen molar-refractivity contribution >= 4 is 23.2 Å². The Balaban J connectivity index is 4.19. The van der Waals surface area contributed by atoms with Crippen molar-refractivity contribution in [1.29, 1.82) is 0 Å². The monoisotopic (exact) mass is 178 g/mol. The van der Waals surface area contributed by atoms with Gasteiger partial charge in [0.25, 0.3) is 0 Å². The highest BCUT2D eigenvalue weighted by atomic mass is 35.5. The highest BCUT2D eigenvalue weighted by Gasteiger charge is 2.11. The van der Waals surface area contributed by atoms with Crippen molar-refractivity contribution in [2.75, 3.05) is 0 Å². The van der Waals surface area contributed by atoms with Crippen molar-refractivity contribution < 1.29 is 0 Å². The predicted molar refractivity (Wildman–Crippen MR) is 47.6 cm³/mol. The lowest BCUT2D eigenvalue weighted by molar-refractivity contribution is 0.884. The smallest absolute Gasteiger partial charge is 0.0994 e. The Morgan fingerprint density at radius 3 is 1.10 bits per heavy atom. The first-order valence-corrected chi connectivity index (χ1v) is 3.88. The molecule has 0 fully saturated rings. The summed E-state index contributed by atoms with van der Waals surface area (Å²) in [6.45, 7) is 7.35. The molecule has 0 spiro atoms. The van der Waals surface area contributed by atoms with Gasteiger partial charge in [0.1, 0.15) is 0 Å². The SMILES string of the molecule is CC(C)(Cl)C#CC(C)(C)Cl. The third-order valence-corrected chi connectivity index (χ3v) is 0.846. The minimum absolute atomic E-state index is 0.466. The molecule has 10 heavy (non-hydrogen) atoms. The molecule has 58 valence electrons. The minimum atomic E-state index is -0.466. The fraction of sp³-hybridized carbons (Fsp3) is 0.750. The maximum atomic E-state index is 5.81. The molecule has 0 atom stereocenters. The molecule has 0 aliphatic rings. The standard InChI is InChI=1S/C8H12Cl2/c1-7(2,9)5-6-8(3,4)10/h1-4H3. The molecule has 0 amide bonds. The van der Waals surface area contributed by atoms with E-state index in [1.807, 2.05) is 27.7 Å². The zero-order valence-corrected chi connectivity index (χ0v) is 8.27. The molecule has 0 aliphatic heterocycles. The van der Waals surface area contributed by atoms with Crippen LogP contribution >= 0.6 is 23.2 Å². The van der Waals surface area contributed by atoms with E-state index in [0.29, 0.717) is 0 Å². The fourth-order valence-corrected chi connectivity index (χ4v) is 0.392. The zero-order chi connectivity index (χ0) is 8.41. The molecule has 0 bridgehead atoms. The molecule has 0 saturated heterocycles. The second kappa shape index (κ2) is 3.03. The Bertz CT molecular complexity index is 140. The second-order valence-electron chi connectivity index (χ2n) is 3.19. The molecule has 0 unspecified atom stereocenters. The van der Waals surface area contributed by atoms with Crippen molar-refractivity contribution in [3.63, 3.8) is 0 Å². The van der Waals surface area contributed by atoms with E-state index in [1.54, 1.807) is 0 Å². The Labute approximate surface area is 72.9 Å². The van der Waals surface area contributed by atoms with Crippen molar-refractivity contribution in [2.24, 2.45) is 0 Å². The number of hydrogen-bond acceptors (Lipinski definition) is 0. The van der Waals surface area contributed by atoms with Crippen molar-refractivity contribution in [3.8, 4) is 11.8 Å². The van der Waals surface area contributed by atoms with Crippen LogP contribution in [0.4, 0.5) is 0 Å². The number of halogens is 2. The van der Waals surface area contributed by atoms with Crippen LogP contribution in [0.15, 0.2) is 0 Å². The lowest BCUT2D eigenvalue weighted by atomic mass is 10.1. The normalized spacial score (nSPS) is 12.2. The van der Waals surface area contributed by atoms with E-state index in [1.165, 1.54) is 0 Å². The summed E-state index contributed by atoms with van der Waals surface area (Å²) in [5, 5.41) is 0. The summed E-state index contributed by atoms with van der Waals surface area (Å²) in [7, 11) is 0. The highest BCUT2D eigenvalue weighted by Crippen LogP contribution is 2.14. The van der Waals surface area contributed by atoms with Gasteiger partial charge in [0, 0.05) is 0 Å². The van der Waals surface area contributed by atoms with Crippen molar-refractivity contribution in [1.82, 2.24) is 0 Å². The Morgan fingerprint density at radius 2 is 1.00 bits per heavy atom. The van der Waals surface area contributed by atoms with Gasteiger partial charge in [0.05, 0.1) is 9.75 Å². The van der Waals surface area contributed by atoms with Crippen LogP contribution in [0, 0.1) is 11.8 Å². The third-order valence-electron chi connectivity index (χ3n) is 0.657. The van der Waals surface area contributed by atoms with Crippen LogP contribution in [-0.2, 0) is 0 Å². The lowest BCUT2D eigenvalue weighted by Crippen LogP contribution is -2.10. The van der Waals surface area contributed by atoms with Gasteiger partial charge < -0.3 is 0 Å².